The smallest absolute Gasteiger partial charge is 0.351 e. The Balaban J connectivity index is 1.99. The van der Waals surface area contributed by atoms with Gasteiger partial charge in [-0.05, 0) is 18.6 Å². The van der Waals surface area contributed by atoms with Crippen LogP contribution in [0.2, 0.25) is 0 Å². The topological polar surface area (TPSA) is 143 Å². The summed E-state index contributed by atoms with van der Waals surface area (Å²) in [6.07, 6.45) is -0.734. The minimum absolute atomic E-state index is 0.000986. The normalized spacial score (nSPS) is 21.5. The quantitative estimate of drug-likeness (QED) is 0.513. The van der Waals surface area contributed by atoms with Gasteiger partial charge in [0.15, 0.2) is 0 Å². The SMILES string of the molecule is CCC(C(=O)Nc1ccccc1)c1cn([C@H]2CC(O)[C@@H](CO)O2)c(=O)nc1NC(C)=O. The number of anilines is 2. The van der Waals surface area contributed by atoms with E-state index >= 15 is 0 Å². The van der Waals surface area contributed by atoms with Crippen molar-refractivity contribution in [3.8, 4) is 0 Å². The van der Waals surface area contributed by atoms with Gasteiger partial charge >= 0.3 is 5.69 Å². The number of rotatable bonds is 7. The highest BCUT2D eigenvalue weighted by molar-refractivity contribution is 5.97. The fourth-order valence-electron chi connectivity index (χ4n) is 3.56. The van der Waals surface area contributed by atoms with E-state index < -0.39 is 42.6 Å². The lowest BCUT2D eigenvalue weighted by Crippen LogP contribution is -2.32. The van der Waals surface area contributed by atoms with Gasteiger partial charge in [-0.3, -0.25) is 14.2 Å². The zero-order valence-corrected chi connectivity index (χ0v) is 17.3. The summed E-state index contributed by atoms with van der Waals surface area (Å²) in [5, 5.41) is 24.7. The maximum atomic E-state index is 13.0. The Morgan fingerprint density at radius 3 is 2.58 bits per heavy atom. The highest BCUT2D eigenvalue weighted by Crippen LogP contribution is 2.31. The standard InChI is InChI=1S/C21H26N4O6/c1-3-14(20(29)23-13-7-5-4-6-8-13)15-10-25(18-9-16(28)17(11-26)31-18)21(30)24-19(15)22-12(2)27/h4-8,10,14,16-18,26,28H,3,9,11H2,1-2H3,(H,23,29)(H,22,24,27,30)/t14?,16?,17-,18-/m1/s1. The first kappa shape index (κ1) is 22.6. The number of nitrogens with one attached hydrogen (secondary N) is 2. The first-order valence-corrected chi connectivity index (χ1v) is 10.0. The first-order valence-electron chi connectivity index (χ1n) is 10.0. The lowest BCUT2D eigenvalue weighted by molar-refractivity contribution is -0.118. The van der Waals surface area contributed by atoms with E-state index in [-0.39, 0.29) is 18.1 Å². The van der Waals surface area contributed by atoms with Crippen LogP contribution in [-0.2, 0) is 14.3 Å². The maximum absolute atomic E-state index is 13.0. The number of carbonyl (C=O) groups is 2. The third-order valence-electron chi connectivity index (χ3n) is 5.11. The van der Waals surface area contributed by atoms with Crippen LogP contribution in [0.5, 0.6) is 0 Å². The van der Waals surface area contributed by atoms with E-state index in [4.69, 9.17) is 4.74 Å². The second kappa shape index (κ2) is 9.82. The Labute approximate surface area is 178 Å². The average Bonchev–Trinajstić information content (AvgIpc) is 3.10. The number of amides is 2. The second-order valence-electron chi connectivity index (χ2n) is 7.35. The molecule has 166 valence electrons. The van der Waals surface area contributed by atoms with E-state index in [0.717, 1.165) is 0 Å². The van der Waals surface area contributed by atoms with Crippen LogP contribution in [-0.4, -0.2) is 50.4 Å². The van der Waals surface area contributed by atoms with Gasteiger partial charge in [-0.15, -0.1) is 0 Å². The number of aromatic nitrogens is 2. The molecule has 0 aliphatic carbocycles. The van der Waals surface area contributed by atoms with Crippen molar-refractivity contribution < 1.29 is 24.5 Å². The molecule has 0 radical (unpaired) electrons. The summed E-state index contributed by atoms with van der Waals surface area (Å²) >= 11 is 0. The van der Waals surface area contributed by atoms with Gasteiger partial charge in [0.25, 0.3) is 0 Å². The Hall–Kier alpha value is -3.08. The number of aliphatic hydroxyl groups is 2. The van der Waals surface area contributed by atoms with Gasteiger partial charge in [0.1, 0.15) is 18.1 Å². The molecule has 0 bridgehead atoms. The van der Waals surface area contributed by atoms with Crippen molar-refractivity contribution in [2.45, 2.75) is 51.0 Å². The zero-order valence-electron chi connectivity index (χ0n) is 17.3. The van der Waals surface area contributed by atoms with Crippen molar-refractivity contribution in [2.24, 2.45) is 0 Å². The summed E-state index contributed by atoms with van der Waals surface area (Å²) in [6, 6.07) is 8.92. The molecule has 31 heavy (non-hydrogen) atoms. The highest BCUT2D eigenvalue weighted by Gasteiger charge is 2.36. The molecule has 4 N–H and O–H groups in total. The lowest BCUT2D eigenvalue weighted by atomic mass is 9.96. The molecular weight excluding hydrogens is 404 g/mol. The van der Waals surface area contributed by atoms with Crippen molar-refractivity contribution in [2.75, 3.05) is 17.2 Å². The Morgan fingerprint density at radius 1 is 1.29 bits per heavy atom. The number of para-hydroxylation sites is 1. The number of hydrogen-bond acceptors (Lipinski definition) is 7. The average molecular weight is 430 g/mol. The molecule has 2 amide bonds. The van der Waals surface area contributed by atoms with Crippen molar-refractivity contribution >= 4 is 23.3 Å². The van der Waals surface area contributed by atoms with Gasteiger partial charge in [0.05, 0.1) is 18.6 Å². The third-order valence-corrected chi connectivity index (χ3v) is 5.11. The molecule has 1 aromatic carbocycles. The van der Waals surface area contributed by atoms with Crippen molar-refractivity contribution in [1.82, 2.24) is 9.55 Å². The van der Waals surface area contributed by atoms with Crippen molar-refractivity contribution in [1.29, 1.82) is 0 Å². The van der Waals surface area contributed by atoms with Crippen molar-refractivity contribution in [3.05, 3.63) is 52.6 Å². The molecule has 0 saturated carbocycles. The molecule has 1 aliphatic rings. The minimum atomic E-state index is -0.941. The first-order chi connectivity index (χ1) is 14.8. The predicted molar refractivity (Wildman–Crippen MR) is 113 cm³/mol. The van der Waals surface area contributed by atoms with E-state index in [1.165, 1.54) is 17.7 Å². The number of nitrogens with zero attached hydrogens (tertiary/aromatic N) is 2. The molecule has 10 nitrogen and oxygen atoms in total. The maximum Gasteiger partial charge on any atom is 0.351 e. The summed E-state index contributed by atoms with van der Waals surface area (Å²) in [5.41, 5.74) is 0.249. The predicted octanol–water partition coefficient (Wildman–Crippen LogP) is 0.975. The van der Waals surface area contributed by atoms with E-state index in [1.807, 2.05) is 6.07 Å². The van der Waals surface area contributed by atoms with Crippen LogP contribution in [0.25, 0.3) is 0 Å². The third kappa shape index (κ3) is 5.16. The Bertz CT molecular complexity index is 993. The molecule has 3 rings (SSSR count). The molecule has 2 unspecified atom stereocenters. The summed E-state index contributed by atoms with van der Waals surface area (Å²) in [6.45, 7) is 2.69. The van der Waals surface area contributed by atoms with Gasteiger partial charge in [0.2, 0.25) is 11.8 Å². The van der Waals surface area contributed by atoms with E-state index in [0.29, 0.717) is 17.7 Å². The van der Waals surface area contributed by atoms with Crippen LogP contribution >= 0.6 is 0 Å². The van der Waals surface area contributed by atoms with Gasteiger partial charge in [0, 0.05) is 30.8 Å². The molecule has 1 aromatic heterocycles. The molecule has 10 heteroatoms. The summed E-state index contributed by atoms with van der Waals surface area (Å²) < 4.78 is 6.75. The highest BCUT2D eigenvalue weighted by atomic mass is 16.5. The van der Waals surface area contributed by atoms with Crippen molar-refractivity contribution in [3.63, 3.8) is 0 Å². The molecular formula is C21H26N4O6. The van der Waals surface area contributed by atoms with Gasteiger partial charge in [-0.1, -0.05) is 25.1 Å². The summed E-state index contributed by atoms with van der Waals surface area (Å²) in [4.78, 5) is 41.2. The molecule has 4 atom stereocenters. The second-order valence-corrected chi connectivity index (χ2v) is 7.35. The zero-order chi connectivity index (χ0) is 22.5. The molecule has 2 aromatic rings. The minimum Gasteiger partial charge on any atom is -0.394 e. The number of benzene rings is 1. The van der Waals surface area contributed by atoms with E-state index in [9.17, 15) is 24.6 Å². The van der Waals surface area contributed by atoms with E-state index in [1.54, 1.807) is 31.2 Å². The van der Waals surface area contributed by atoms with Crippen LogP contribution in [0.1, 0.15) is 44.4 Å². The van der Waals surface area contributed by atoms with Crippen LogP contribution in [0.15, 0.2) is 41.3 Å². The molecule has 2 heterocycles. The fourth-order valence-corrected chi connectivity index (χ4v) is 3.56. The molecule has 1 aliphatic heterocycles. The summed E-state index contributed by atoms with van der Waals surface area (Å²) in [7, 11) is 0. The van der Waals surface area contributed by atoms with Gasteiger partial charge in [-0.2, -0.15) is 4.98 Å². The van der Waals surface area contributed by atoms with Crippen LogP contribution in [0.3, 0.4) is 0 Å². The monoisotopic (exact) mass is 430 g/mol. The largest absolute Gasteiger partial charge is 0.394 e. The van der Waals surface area contributed by atoms with Crippen LogP contribution in [0.4, 0.5) is 11.5 Å². The lowest BCUT2D eigenvalue weighted by Gasteiger charge is -2.21. The van der Waals surface area contributed by atoms with E-state index in [2.05, 4.69) is 15.6 Å². The number of hydrogen-bond donors (Lipinski definition) is 4. The Kier molecular flexibility index (Phi) is 7.16. The van der Waals surface area contributed by atoms with Crippen LogP contribution in [0, 0.1) is 0 Å². The number of carbonyl (C=O) groups excluding carboxylic acids is 2. The number of aliphatic hydroxyl groups excluding tert-OH is 2. The fraction of sp³-hybridized carbons (Fsp3) is 0.429. The summed E-state index contributed by atoms with van der Waals surface area (Å²) in [5.74, 6) is -1.48. The number of ether oxygens (including phenoxy) is 1. The molecule has 1 fully saturated rings. The van der Waals surface area contributed by atoms with Gasteiger partial charge in [-0.25, -0.2) is 4.79 Å². The Morgan fingerprint density at radius 2 is 2.00 bits per heavy atom. The molecule has 0 spiro atoms. The molecule has 1 saturated heterocycles. The van der Waals surface area contributed by atoms with Gasteiger partial charge < -0.3 is 25.6 Å². The van der Waals surface area contributed by atoms with Crippen LogP contribution < -0.4 is 16.3 Å².